The molecule has 0 aromatic heterocycles. The summed E-state index contributed by atoms with van der Waals surface area (Å²) < 4.78 is 42.8. The number of piperidine rings is 1. The fraction of sp³-hybridized carbons (Fsp3) is 0.412. The first-order valence-electron chi connectivity index (χ1n) is 7.66. The lowest BCUT2D eigenvalue weighted by Crippen LogP contribution is -2.43. The van der Waals surface area contributed by atoms with Crippen LogP contribution in [0.2, 0.25) is 0 Å². The van der Waals surface area contributed by atoms with E-state index in [4.69, 9.17) is 4.74 Å². The van der Waals surface area contributed by atoms with Crippen LogP contribution >= 0.6 is 0 Å². The maximum absolute atomic E-state index is 12.6. The number of amides is 2. The van der Waals surface area contributed by atoms with Crippen molar-refractivity contribution in [1.29, 1.82) is 0 Å². The van der Waals surface area contributed by atoms with Gasteiger partial charge in [-0.25, -0.2) is 0 Å². The largest absolute Gasteiger partial charge is 0.481 e. The fourth-order valence-corrected chi connectivity index (χ4v) is 2.23. The molecule has 0 spiro atoms. The van der Waals surface area contributed by atoms with Crippen LogP contribution in [0.15, 0.2) is 24.3 Å². The maximum atomic E-state index is 12.6. The minimum atomic E-state index is -4.42. The number of nitrogens with one attached hydrogen (secondary N) is 2. The first kappa shape index (κ1) is 18.6. The number of hydrogen-bond acceptors (Lipinski definition) is 3. The highest BCUT2D eigenvalue weighted by Crippen LogP contribution is 2.31. The molecule has 2 amide bonds. The molecule has 1 unspecified atom stereocenters. The van der Waals surface area contributed by atoms with E-state index in [2.05, 4.69) is 22.5 Å². The lowest BCUT2D eigenvalue weighted by molar-refractivity contribution is -0.137. The molecule has 2 rings (SSSR count). The van der Waals surface area contributed by atoms with Crippen LogP contribution in [0, 0.1) is 17.8 Å². The molecule has 1 aliphatic heterocycles. The molecule has 1 aliphatic rings. The van der Waals surface area contributed by atoms with Gasteiger partial charge in [-0.3, -0.25) is 9.59 Å². The Morgan fingerprint density at radius 3 is 2.84 bits per heavy atom. The van der Waals surface area contributed by atoms with Crippen LogP contribution in [0.1, 0.15) is 18.4 Å². The Balaban J connectivity index is 1.71. The van der Waals surface area contributed by atoms with E-state index in [0.29, 0.717) is 19.4 Å². The zero-order chi connectivity index (χ0) is 18.3. The summed E-state index contributed by atoms with van der Waals surface area (Å²) in [4.78, 5) is 22.8. The molecule has 1 aromatic carbocycles. The minimum Gasteiger partial charge on any atom is -0.481 e. The van der Waals surface area contributed by atoms with E-state index in [9.17, 15) is 22.8 Å². The van der Waals surface area contributed by atoms with Gasteiger partial charge in [-0.2, -0.15) is 13.2 Å². The monoisotopic (exact) mass is 354 g/mol. The van der Waals surface area contributed by atoms with Crippen molar-refractivity contribution in [3.05, 3.63) is 29.8 Å². The van der Waals surface area contributed by atoms with E-state index < -0.39 is 11.7 Å². The quantitative estimate of drug-likeness (QED) is 0.810. The zero-order valence-electron chi connectivity index (χ0n) is 13.3. The number of halogens is 3. The summed E-state index contributed by atoms with van der Waals surface area (Å²) in [5.74, 6) is 4.85. The number of rotatable bonds is 4. The van der Waals surface area contributed by atoms with Crippen LogP contribution in [0.25, 0.3) is 0 Å². The SMILES string of the molecule is O=C1CCC(C(=O)NCC#CCOc2cccc(C(F)(F)F)c2)CN1. The fourth-order valence-electron chi connectivity index (χ4n) is 2.23. The van der Waals surface area contributed by atoms with Crippen LogP contribution in [0.3, 0.4) is 0 Å². The highest BCUT2D eigenvalue weighted by Gasteiger charge is 2.30. The lowest BCUT2D eigenvalue weighted by atomic mass is 9.98. The van der Waals surface area contributed by atoms with Crippen LogP contribution in [-0.4, -0.2) is 31.5 Å². The van der Waals surface area contributed by atoms with Gasteiger partial charge in [0.25, 0.3) is 0 Å². The number of benzene rings is 1. The topological polar surface area (TPSA) is 67.4 Å². The first-order chi connectivity index (χ1) is 11.9. The van der Waals surface area contributed by atoms with E-state index in [1.165, 1.54) is 12.1 Å². The second-order valence-electron chi connectivity index (χ2n) is 5.43. The van der Waals surface area contributed by atoms with Crippen molar-refractivity contribution in [2.45, 2.75) is 19.0 Å². The number of ether oxygens (including phenoxy) is 1. The predicted molar refractivity (Wildman–Crippen MR) is 83.5 cm³/mol. The average molecular weight is 354 g/mol. The predicted octanol–water partition coefficient (Wildman–Crippen LogP) is 1.73. The molecule has 1 fully saturated rings. The molecule has 0 saturated carbocycles. The summed E-state index contributed by atoms with van der Waals surface area (Å²) in [5.41, 5.74) is -0.787. The Hall–Kier alpha value is -2.69. The first-order valence-corrected chi connectivity index (χ1v) is 7.66. The van der Waals surface area contributed by atoms with Gasteiger partial charge in [0.1, 0.15) is 12.4 Å². The highest BCUT2D eigenvalue weighted by molar-refractivity contribution is 5.83. The van der Waals surface area contributed by atoms with E-state index in [-0.39, 0.29) is 36.6 Å². The summed E-state index contributed by atoms with van der Waals surface area (Å²) >= 11 is 0. The van der Waals surface area contributed by atoms with Crippen LogP contribution in [0.5, 0.6) is 5.75 Å². The highest BCUT2D eigenvalue weighted by atomic mass is 19.4. The summed E-state index contributed by atoms with van der Waals surface area (Å²) in [7, 11) is 0. The average Bonchev–Trinajstić information content (AvgIpc) is 2.58. The third-order valence-electron chi connectivity index (χ3n) is 3.58. The van der Waals surface area contributed by atoms with Crippen LogP contribution in [-0.2, 0) is 15.8 Å². The van der Waals surface area contributed by atoms with Gasteiger partial charge in [-0.1, -0.05) is 17.9 Å². The summed E-state index contributed by atoms with van der Waals surface area (Å²) in [6, 6.07) is 4.54. The summed E-state index contributed by atoms with van der Waals surface area (Å²) in [5, 5.41) is 5.25. The molecule has 1 aromatic rings. The zero-order valence-corrected chi connectivity index (χ0v) is 13.3. The number of carbonyl (C=O) groups is 2. The van der Waals surface area contributed by atoms with Gasteiger partial charge in [0.2, 0.25) is 11.8 Å². The van der Waals surface area contributed by atoms with Gasteiger partial charge in [0, 0.05) is 13.0 Å². The van der Waals surface area contributed by atoms with Crippen molar-refractivity contribution in [1.82, 2.24) is 10.6 Å². The molecule has 134 valence electrons. The molecule has 8 heteroatoms. The Morgan fingerprint density at radius 1 is 1.36 bits per heavy atom. The minimum absolute atomic E-state index is 0.0596. The lowest BCUT2D eigenvalue weighted by Gasteiger charge is -2.20. The van der Waals surface area contributed by atoms with E-state index in [0.717, 1.165) is 12.1 Å². The van der Waals surface area contributed by atoms with Crippen molar-refractivity contribution in [3.8, 4) is 17.6 Å². The molecule has 1 heterocycles. The van der Waals surface area contributed by atoms with E-state index in [1.54, 1.807) is 0 Å². The van der Waals surface area contributed by atoms with Gasteiger partial charge in [-0.15, -0.1) is 0 Å². The smallest absolute Gasteiger partial charge is 0.416 e. The van der Waals surface area contributed by atoms with Gasteiger partial charge >= 0.3 is 6.18 Å². The Bertz CT molecular complexity index is 682. The summed E-state index contributed by atoms with van der Waals surface area (Å²) in [6.07, 6.45) is -3.59. The van der Waals surface area contributed by atoms with Crippen molar-refractivity contribution in [2.75, 3.05) is 19.7 Å². The van der Waals surface area contributed by atoms with Gasteiger partial charge < -0.3 is 15.4 Å². The number of hydrogen-bond donors (Lipinski definition) is 2. The van der Waals surface area contributed by atoms with E-state index >= 15 is 0 Å². The van der Waals surface area contributed by atoms with Crippen LogP contribution < -0.4 is 15.4 Å². The standard InChI is InChI=1S/C17H17F3N2O3/c18-17(19,20)13-4-3-5-14(10-13)25-9-2-1-8-21-16(24)12-6-7-15(23)22-11-12/h3-5,10,12H,6-9,11H2,(H,21,24)(H,22,23). The third-order valence-corrected chi connectivity index (χ3v) is 3.58. The second-order valence-corrected chi connectivity index (χ2v) is 5.43. The molecule has 5 nitrogen and oxygen atoms in total. The molecular weight excluding hydrogens is 337 g/mol. The molecule has 0 aliphatic carbocycles. The van der Waals surface area contributed by atoms with Crippen molar-refractivity contribution < 1.29 is 27.5 Å². The van der Waals surface area contributed by atoms with Crippen LogP contribution in [0.4, 0.5) is 13.2 Å². The third kappa shape index (κ3) is 6.03. The van der Waals surface area contributed by atoms with Crippen molar-refractivity contribution in [2.24, 2.45) is 5.92 Å². The van der Waals surface area contributed by atoms with Crippen molar-refractivity contribution >= 4 is 11.8 Å². The normalized spacial score (nSPS) is 17.1. The molecule has 25 heavy (non-hydrogen) atoms. The van der Waals surface area contributed by atoms with Crippen molar-refractivity contribution in [3.63, 3.8) is 0 Å². The Kier molecular flexibility index (Phi) is 6.28. The molecule has 0 radical (unpaired) electrons. The molecule has 0 bridgehead atoms. The number of carbonyl (C=O) groups excluding carboxylic acids is 2. The molecule has 1 atom stereocenters. The maximum Gasteiger partial charge on any atom is 0.416 e. The second kappa shape index (κ2) is 8.42. The number of alkyl halides is 3. The van der Waals surface area contributed by atoms with Gasteiger partial charge in [0.15, 0.2) is 0 Å². The molecular formula is C17H17F3N2O3. The van der Waals surface area contributed by atoms with E-state index in [1.807, 2.05) is 0 Å². The summed E-state index contributed by atoms with van der Waals surface area (Å²) in [6.45, 7) is 0.336. The molecule has 2 N–H and O–H groups in total. The van der Waals surface area contributed by atoms with Gasteiger partial charge in [0.05, 0.1) is 18.0 Å². The Morgan fingerprint density at radius 2 is 2.16 bits per heavy atom. The van der Waals surface area contributed by atoms with Gasteiger partial charge in [-0.05, 0) is 24.6 Å². The molecule has 1 saturated heterocycles. The Labute approximate surface area is 142 Å².